The molecule has 124 valence electrons. The van der Waals surface area contributed by atoms with Crippen LogP contribution in [0.4, 0.5) is 11.6 Å². The third kappa shape index (κ3) is 3.64. The minimum atomic E-state index is -0.506. The predicted octanol–water partition coefficient (Wildman–Crippen LogP) is 3.78. The van der Waals surface area contributed by atoms with E-state index in [0.717, 1.165) is 12.0 Å². The first-order valence-corrected chi connectivity index (χ1v) is 7.61. The number of hydrogen-bond donors (Lipinski definition) is 1. The van der Waals surface area contributed by atoms with E-state index >= 15 is 0 Å². The fourth-order valence-electron chi connectivity index (χ4n) is 2.41. The summed E-state index contributed by atoms with van der Waals surface area (Å²) in [5, 5.41) is 23.4. The summed E-state index contributed by atoms with van der Waals surface area (Å²) in [5.41, 5.74) is 1.33. The van der Waals surface area contributed by atoms with E-state index in [2.05, 4.69) is 10.3 Å². The van der Waals surface area contributed by atoms with Crippen LogP contribution in [-0.2, 0) is 6.42 Å². The van der Waals surface area contributed by atoms with Crippen molar-refractivity contribution in [3.05, 3.63) is 76.0 Å². The van der Waals surface area contributed by atoms with Gasteiger partial charge in [-0.2, -0.15) is 10.2 Å². The van der Waals surface area contributed by atoms with Gasteiger partial charge in [0.25, 0.3) is 5.69 Å². The molecule has 2 aromatic carbocycles. The first-order valence-electron chi connectivity index (χ1n) is 7.61. The summed E-state index contributed by atoms with van der Waals surface area (Å²) in [6, 6.07) is 17.9. The molecule has 0 bridgehead atoms. The van der Waals surface area contributed by atoms with Gasteiger partial charge in [-0.15, -0.1) is 0 Å². The van der Waals surface area contributed by atoms with Crippen LogP contribution in [0.2, 0.25) is 0 Å². The molecule has 3 aromatic rings. The molecule has 25 heavy (non-hydrogen) atoms. The molecule has 0 radical (unpaired) electrons. The lowest BCUT2D eigenvalue weighted by atomic mass is 10.1. The van der Waals surface area contributed by atoms with Crippen molar-refractivity contribution in [1.29, 1.82) is 5.26 Å². The maximum Gasteiger partial charge on any atom is 0.282 e. The minimum Gasteiger partial charge on any atom is -0.419 e. The van der Waals surface area contributed by atoms with Gasteiger partial charge in [-0.3, -0.25) is 10.1 Å². The van der Waals surface area contributed by atoms with Crippen LogP contribution in [0.25, 0.3) is 11.5 Å². The summed E-state index contributed by atoms with van der Waals surface area (Å²) in [5.74, 6) is 0.262. The van der Waals surface area contributed by atoms with Crippen molar-refractivity contribution in [3.8, 4) is 17.5 Å². The van der Waals surface area contributed by atoms with Crippen LogP contribution in [0.5, 0.6) is 0 Å². The molecule has 7 heteroatoms. The first kappa shape index (κ1) is 16.2. The number of para-hydroxylation sites is 1. The van der Waals surface area contributed by atoms with Gasteiger partial charge in [-0.05, 0) is 18.1 Å². The molecule has 0 unspecified atom stereocenters. The maximum absolute atomic E-state index is 11.1. The maximum atomic E-state index is 11.1. The topological polar surface area (TPSA) is 105 Å². The van der Waals surface area contributed by atoms with Gasteiger partial charge in [-0.1, -0.05) is 42.5 Å². The van der Waals surface area contributed by atoms with Crippen molar-refractivity contribution < 1.29 is 9.34 Å². The zero-order chi connectivity index (χ0) is 17.6. The van der Waals surface area contributed by atoms with E-state index in [9.17, 15) is 15.4 Å². The first-order chi connectivity index (χ1) is 12.2. The average molecular weight is 334 g/mol. The summed E-state index contributed by atoms with van der Waals surface area (Å²) in [4.78, 5) is 14.7. The normalized spacial score (nSPS) is 10.2. The lowest BCUT2D eigenvalue weighted by Gasteiger charge is -2.03. The van der Waals surface area contributed by atoms with Gasteiger partial charge in [0.15, 0.2) is 0 Å². The minimum absolute atomic E-state index is 0.0473. The number of nitrogens with one attached hydrogen (secondary N) is 1. The molecule has 1 aromatic heterocycles. The fraction of sp³-hybridized carbons (Fsp3) is 0.111. The Kier molecular flexibility index (Phi) is 4.72. The molecular weight excluding hydrogens is 320 g/mol. The summed E-state index contributed by atoms with van der Waals surface area (Å²) in [7, 11) is 0. The monoisotopic (exact) mass is 334 g/mol. The number of anilines is 1. The smallest absolute Gasteiger partial charge is 0.282 e. The van der Waals surface area contributed by atoms with E-state index in [1.54, 1.807) is 18.2 Å². The van der Waals surface area contributed by atoms with Crippen molar-refractivity contribution in [3.63, 3.8) is 0 Å². The number of nitro benzene ring substituents is 1. The van der Waals surface area contributed by atoms with Gasteiger partial charge in [-0.25, -0.2) is 0 Å². The standard InChI is InChI=1S/C18H14N4O3/c19-12-15-18(20-11-10-13-6-2-1-3-7-13)25-17(21-15)14-8-4-5-9-16(14)22(23)24/h1-9,20H,10-11H2. The van der Waals surface area contributed by atoms with Crippen LogP contribution < -0.4 is 5.32 Å². The summed E-state index contributed by atoms with van der Waals surface area (Å²) in [6.07, 6.45) is 0.743. The van der Waals surface area contributed by atoms with E-state index in [4.69, 9.17) is 4.42 Å². The molecule has 0 saturated carbocycles. The number of nitrogens with zero attached hydrogens (tertiary/aromatic N) is 3. The fourth-order valence-corrected chi connectivity index (χ4v) is 2.41. The van der Waals surface area contributed by atoms with E-state index in [0.29, 0.717) is 6.54 Å². The Hall–Kier alpha value is -3.66. The second-order valence-corrected chi connectivity index (χ2v) is 5.25. The molecule has 1 heterocycles. The number of hydrogen-bond acceptors (Lipinski definition) is 6. The van der Waals surface area contributed by atoms with Gasteiger partial charge in [0, 0.05) is 12.6 Å². The van der Waals surface area contributed by atoms with Crippen LogP contribution in [0.3, 0.4) is 0 Å². The van der Waals surface area contributed by atoms with E-state index in [1.165, 1.54) is 6.07 Å². The second kappa shape index (κ2) is 7.27. The van der Waals surface area contributed by atoms with Crippen molar-refractivity contribution in [2.45, 2.75) is 6.42 Å². The predicted molar refractivity (Wildman–Crippen MR) is 91.9 cm³/mol. The summed E-state index contributed by atoms with van der Waals surface area (Å²) < 4.78 is 5.57. The molecule has 0 atom stereocenters. The summed E-state index contributed by atoms with van der Waals surface area (Å²) >= 11 is 0. The Balaban J connectivity index is 1.81. The van der Waals surface area contributed by atoms with E-state index < -0.39 is 4.92 Å². The summed E-state index contributed by atoms with van der Waals surface area (Å²) in [6.45, 7) is 0.546. The Bertz CT molecular complexity index is 929. The lowest BCUT2D eigenvalue weighted by molar-refractivity contribution is -0.384. The van der Waals surface area contributed by atoms with Crippen molar-refractivity contribution in [2.24, 2.45) is 0 Å². The van der Waals surface area contributed by atoms with Gasteiger partial charge in [0.2, 0.25) is 17.5 Å². The molecule has 0 saturated heterocycles. The van der Waals surface area contributed by atoms with Crippen LogP contribution in [0, 0.1) is 21.4 Å². The number of benzene rings is 2. The molecule has 3 rings (SSSR count). The van der Waals surface area contributed by atoms with Gasteiger partial charge < -0.3 is 9.73 Å². The Morgan fingerprint density at radius 2 is 1.88 bits per heavy atom. The second-order valence-electron chi connectivity index (χ2n) is 5.25. The molecule has 1 N–H and O–H groups in total. The highest BCUT2D eigenvalue weighted by atomic mass is 16.6. The van der Waals surface area contributed by atoms with Crippen LogP contribution in [0.1, 0.15) is 11.3 Å². The Morgan fingerprint density at radius 1 is 1.16 bits per heavy atom. The number of rotatable bonds is 6. The average Bonchev–Trinajstić information content (AvgIpc) is 3.05. The van der Waals surface area contributed by atoms with Gasteiger partial charge >= 0.3 is 0 Å². The largest absolute Gasteiger partial charge is 0.419 e. The Labute approximate surface area is 143 Å². The van der Waals surface area contributed by atoms with Crippen LogP contribution >= 0.6 is 0 Å². The van der Waals surface area contributed by atoms with Crippen molar-refractivity contribution in [1.82, 2.24) is 4.98 Å². The van der Waals surface area contributed by atoms with Crippen LogP contribution in [0.15, 0.2) is 59.0 Å². The molecule has 7 nitrogen and oxygen atoms in total. The van der Waals surface area contributed by atoms with Crippen LogP contribution in [-0.4, -0.2) is 16.5 Å². The SMILES string of the molecule is N#Cc1nc(-c2ccccc2[N+](=O)[O-])oc1NCCc1ccccc1. The Morgan fingerprint density at radius 3 is 2.60 bits per heavy atom. The zero-order valence-corrected chi connectivity index (χ0v) is 13.2. The number of nitriles is 1. The zero-order valence-electron chi connectivity index (χ0n) is 13.2. The lowest BCUT2D eigenvalue weighted by Crippen LogP contribution is -2.05. The highest BCUT2D eigenvalue weighted by Gasteiger charge is 2.21. The molecule has 0 fully saturated rings. The highest BCUT2D eigenvalue weighted by molar-refractivity contribution is 5.68. The van der Waals surface area contributed by atoms with Crippen molar-refractivity contribution >= 4 is 11.6 Å². The quantitative estimate of drug-likeness (QED) is 0.543. The molecular formula is C18H14N4O3. The molecule has 0 aliphatic carbocycles. The van der Waals surface area contributed by atoms with E-state index in [1.807, 2.05) is 36.4 Å². The number of aromatic nitrogens is 1. The third-order valence-electron chi connectivity index (χ3n) is 3.61. The number of oxazole rings is 1. The van der Waals surface area contributed by atoms with Gasteiger partial charge in [0.1, 0.15) is 11.6 Å². The van der Waals surface area contributed by atoms with Gasteiger partial charge in [0.05, 0.1) is 4.92 Å². The molecule has 0 amide bonds. The van der Waals surface area contributed by atoms with E-state index in [-0.39, 0.29) is 28.7 Å². The van der Waals surface area contributed by atoms with Crippen molar-refractivity contribution in [2.75, 3.05) is 11.9 Å². The molecule has 0 spiro atoms. The molecule has 0 aliphatic heterocycles. The number of nitro groups is 1. The molecule has 0 aliphatic rings. The highest BCUT2D eigenvalue weighted by Crippen LogP contribution is 2.31. The third-order valence-corrected chi connectivity index (χ3v) is 3.61.